The summed E-state index contributed by atoms with van der Waals surface area (Å²) in [5.41, 5.74) is 1.03. The van der Waals surface area contributed by atoms with E-state index in [1.165, 1.54) is 0 Å². The van der Waals surface area contributed by atoms with E-state index in [1.54, 1.807) is 31.2 Å². The van der Waals surface area contributed by atoms with Crippen LogP contribution in [-0.4, -0.2) is 17.2 Å². The fourth-order valence-electron chi connectivity index (χ4n) is 1.88. The van der Waals surface area contributed by atoms with E-state index in [9.17, 15) is 4.79 Å². The molecule has 0 aliphatic heterocycles. The van der Waals surface area contributed by atoms with E-state index in [0.717, 1.165) is 5.56 Å². The summed E-state index contributed by atoms with van der Waals surface area (Å²) in [5, 5.41) is 9.39. The molecule has 116 valence electrons. The first kappa shape index (κ1) is 16.2. The van der Waals surface area contributed by atoms with Gasteiger partial charge in [-0.25, -0.2) is 0 Å². The molecule has 0 aliphatic rings. The Morgan fingerprint density at radius 1 is 1.09 bits per heavy atom. The fraction of sp³-hybridized carbons (Fsp3) is 0.235. The first-order valence-corrected chi connectivity index (χ1v) is 7.26. The van der Waals surface area contributed by atoms with Gasteiger partial charge in [-0.3, -0.25) is 4.79 Å². The van der Waals surface area contributed by atoms with Crippen molar-refractivity contribution < 1.29 is 19.4 Å². The summed E-state index contributed by atoms with van der Waals surface area (Å²) < 4.78 is 11.2. The molecule has 0 fully saturated rings. The quantitative estimate of drug-likeness (QED) is 0.832. The van der Waals surface area contributed by atoms with Gasteiger partial charge in [0.2, 0.25) is 0 Å². The number of carbonyl (C=O) groups is 1. The molecule has 2 rings (SSSR count). The maximum atomic E-state index is 10.6. The summed E-state index contributed by atoms with van der Waals surface area (Å²) in [6.45, 7) is 2.17. The van der Waals surface area contributed by atoms with Crippen molar-refractivity contribution in [3.8, 4) is 11.5 Å². The van der Waals surface area contributed by atoms with E-state index < -0.39 is 5.97 Å². The Labute approximate surface area is 134 Å². The van der Waals surface area contributed by atoms with E-state index in [0.29, 0.717) is 23.1 Å². The van der Waals surface area contributed by atoms with Crippen LogP contribution in [0.15, 0.2) is 48.5 Å². The van der Waals surface area contributed by atoms with E-state index in [2.05, 4.69) is 0 Å². The van der Waals surface area contributed by atoms with Gasteiger partial charge in [-0.1, -0.05) is 23.7 Å². The molecule has 1 N–H and O–H groups in total. The minimum atomic E-state index is -0.879. The zero-order valence-corrected chi connectivity index (χ0v) is 12.9. The number of hydrogen-bond acceptors (Lipinski definition) is 3. The second-order valence-corrected chi connectivity index (χ2v) is 5.35. The Morgan fingerprint density at radius 2 is 1.68 bits per heavy atom. The van der Waals surface area contributed by atoms with Gasteiger partial charge in [-0.15, -0.1) is 0 Å². The van der Waals surface area contributed by atoms with Crippen LogP contribution in [0.4, 0.5) is 0 Å². The van der Waals surface area contributed by atoms with Crippen molar-refractivity contribution in [3.63, 3.8) is 0 Å². The summed E-state index contributed by atoms with van der Waals surface area (Å²) >= 11 is 5.83. The maximum Gasteiger partial charge on any atom is 0.307 e. The van der Waals surface area contributed by atoms with Gasteiger partial charge in [0, 0.05) is 5.02 Å². The minimum absolute atomic E-state index is 0.0329. The van der Waals surface area contributed by atoms with Gasteiger partial charge in [0.25, 0.3) is 0 Å². The molecule has 4 nitrogen and oxygen atoms in total. The highest BCUT2D eigenvalue weighted by Crippen LogP contribution is 2.20. The van der Waals surface area contributed by atoms with Crippen molar-refractivity contribution >= 4 is 17.6 Å². The molecular formula is C17H17ClO4. The van der Waals surface area contributed by atoms with Crippen LogP contribution in [0.25, 0.3) is 0 Å². The van der Waals surface area contributed by atoms with Crippen LogP contribution in [0.2, 0.25) is 5.02 Å². The average Bonchev–Trinajstić information content (AvgIpc) is 2.47. The first-order valence-electron chi connectivity index (χ1n) is 6.88. The molecule has 0 spiro atoms. The summed E-state index contributed by atoms with van der Waals surface area (Å²) in [4.78, 5) is 10.6. The smallest absolute Gasteiger partial charge is 0.307 e. The zero-order chi connectivity index (χ0) is 15.9. The maximum absolute atomic E-state index is 10.6. The third-order valence-corrected chi connectivity index (χ3v) is 3.19. The molecule has 1 atom stereocenters. The Morgan fingerprint density at radius 3 is 2.27 bits per heavy atom. The van der Waals surface area contributed by atoms with E-state index in [-0.39, 0.29) is 12.5 Å². The van der Waals surface area contributed by atoms with Gasteiger partial charge in [-0.05, 0) is 48.9 Å². The summed E-state index contributed by atoms with van der Waals surface area (Å²) in [6.07, 6.45) is -0.409. The van der Waals surface area contributed by atoms with Crippen LogP contribution in [0.1, 0.15) is 18.9 Å². The molecule has 0 amide bonds. The highest BCUT2D eigenvalue weighted by Gasteiger charge is 2.09. The largest absolute Gasteiger partial charge is 0.490 e. The van der Waals surface area contributed by atoms with Crippen LogP contribution >= 0.6 is 11.6 Å². The predicted molar refractivity (Wildman–Crippen MR) is 84.6 cm³/mol. The number of hydrogen-bond donors (Lipinski definition) is 1. The second kappa shape index (κ2) is 7.71. The van der Waals surface area contributed by atoms with Crippen LogP contribution in [-0.2, 0) is 11.4 Å². The number of rotatable bonds is 7. The Bertz CT molecular complexity index is 608. The van der Waals surface area contributed by atoms with Crippen molar-refractivity contribution in [2.75, 3.05) is 0 Å². The Balaban J connectivity index is 1.86. The molecule has 0 bridgehead atoms. The van der Waals surface area contributed by atoms with Crippen molar-refractivity contribution in [1.82, 2.24) is 0 Å². The highest BCUT2D eigenvalue weighted by molar-refractivity contribution is 6.30. The molecule has 5 heteroatoms. The lowest BCUT2D eigenvalue weighted by atomic mass is 10.2. The van der Waals surface area contributed by atoms with Gasteiger partial charge in [0.15, 0.2) is 0 Å². The summed E-state index contributed by atoms with van der Waals surface area (Å²) in [6, 6.07) is 14.6. The van der Waals surface area contributed by atoms with Crippen molar-refractivity contribution in [3.05, 3.63) is 59.1 Å². The van der Waals surface area contributed by atoms with Crippen LogP contribution in [0, 0.1) is 0 Å². The fourth-order valence-corrected chi connectivity index (χ4v) is 2.01. The molecule has 0 unspecified atom stereocenters. The molecule has 0 saturated heterocycles. The monoisotopic (exact) mass is 320 g/mol. The van der Waals surface area contributed by atoms with Crippen LogP contribution < -0.4 is 9.47 Å². The molecular weight excluding hydrogens is 304 g/mol. The molecule has 0 radical (unpaired) electrons. The van der Waals surface area contributed by atoms with Gasteiger partial charge >= 0.3 is 5.97 Å². The van der Waals surface area contributed by atoms with Crippen LogP contribution in [0.3, 0.4) is 0 Å². The number of benzene rings is 2. The lowest BCUT2D eigenvalue weighted by Crippen LogP contribution is -2.16. The lowest BCUT2D eigenvalue weighted by Gasteiger charge is -2.13. The molecule has 2 aromatic carbocycles. The normalized spacial score (nSPS) is 11.7. The third kappa shape index (κ3) is 5.30. The standard InChI is InChI=1S/C17H17ClO4/c1-12(10-17(19)20)22-16-8-6-15(7-9-16)21-11-13-2-4-14(18)5-3-13/h2-9,12H,10-11H2,1H3,(H,19,20)/t12-/m0/s1. The SMILES string of the molecule is C[C@@H](CC(=O)O)Oc1ccc(OCc2ccc(Cl)cc2)cc1. The van der Waals surface area contributed by atoms with Gasteiger partial charge in [-0.2, -0.15) is 0 Å². The number of aliphatic carboxylic acids is 1. The minimum Gasteiger partial charge on any atom is -0.490 e. The molecule has 0 heterocycles. The zero-order valence-electron chi connectivity index (χ0n) is 12.2. The Kier molecular flexibility index (Phi) is 5.67. The van der Waals surface area contributed by atoms with Crippen molar-refractivity contribution in [2.45, 2.75) is 26.1 Å². The topological polar surface area (TPSA) is 55.8 Å². The summed E-state index contributed by atoms with van der Waals surface area (Å²) in [7, 11) is 0. The second-order valence-electron chi connectivity index (χ2n) is 4.91. The molecule has 0 aliphatic carbocycles. The van der Waals surface area contributed by atoms with Gasteiger partial charge in [0.05, 0.1) is 6.42 Å². The highest BCUT2D eigenvalue weighted by atomic mass is 35.5. The molecule has 2 aromatic rings. The van der Waals surface area contributed by atoms with E-state index in [1.807, 2.05) is 24.3 Å². The molecule has 22 heavy (non-hydrogen) atoms. The van der Waals surface area contributed by atoms with E-state index >= 15 is 0 Å². The number of halogens is 1. The average molecular weight is 321 g/mol. The third-order valence-electron chi connectivity index (χ3n) is 2.94. The van der Waals surface area contributed by atoms with Gasteiger partial charge in [0.1, 0.15) is 24.2 Å². The van der Waals surface area contributed by atoms with Crippen molar-refractivity contribution in [1.29, 1.82) is 0 Å². The molecule has 0 saturated carbocycles. The Hall–Kier alpha value is -2.20. The number of carboxylic acid groups (broad SMARTS) is 1. The summed E-state index contributed by atoms with van der Waals surface area (Å²) in [5.74, 6) is 0.455. The number of ether oxygens (including phenoxy) is 2. The lowest BCUT2D eigenvalue weighted by molar-refractivity contribution is -0.138. The first-order chi connectivity index (χ1) is 10.5. The van der Waals surface area contributed by atoms with Crippen molar-refractivity contribution in [2.24, 2.45) is 0 Å². The molecule has 0 aromatic heterocycles. The van der Waals surface area contributed by atoms with E-state index in [4.69, 9.17) is 26.2 Å². The van der Waals surface area contributed by atoms with Gasteiger partial charge < -0.3 is 14.6 Å². The number of carboxylic acids is 1. The van der Waals surface area contributed by atoms with Crippen LogP contribution in [0.5, 0.6) is 11.5 Å². The predicted octanol–water partition coefficient (Wildman–Crippen LogP) is 4.16.